The van der Waals surface area contributed by atoms with Gasteiger partial charge in [-0.25, -0.2) is 0 Å². The lowest BCUT2D eigenvalue weighted by molar-refractivity contribution is -0.120. The summed E-state index contributed by atoms with van der Waals surface area (Å²) in [5, 5.41) is 11.1. The Morgan fingerprint density at radius 2 is 1.96 bits per heavy atom. The molecule has 6 nitrogen and oxygen atoms in total. The van der Waals surface area contributed by atoms with E-state index in [0.29, 0.717) is 24.3 Å². The van der Waals surface area contributed by atoms with E-state index in [-0.39, 0.29) is 16.6 Å². The van der Waals surface area contributed by atoms with Gasteiger partial charge in [0, 0.05) is 25.8 Å². The van der Waals surface area contributed by atoms with Crippen LogP contribution >= 0.6 is 11.8 Å². The molecular formula is C19H27N3O3S. The largest absolute Gasteiger partial charge is 0.411 e. The van der Waals surface area contributed by atoms with Gasteiger partial charge in [-0.1, -0.05) is 44.7 Å². The summed E-state index contributed by atoms with van der Waals surface area (Å²) in [6.45, 7) is 9.55. The number of benzene rings is 1. The van der Waals surface area contributed by atoms with Crippen LogP contribution in [0.15, 0.2) is 33.9 Å². The molecule has 142 valence electrons. The summed E-state index contributed by atoms with van der Waals surface area (Å²) in [6.07, 6.45) is 0.787. The maximum absolute atomic E-state index is 12.1. The van der Waals surface area contributed by atoms with Crippen LogP contribution in [0.4, 0.5) is 0 Å². The molecule has 0 aliphatic heterocycles. The van der Waals surface area contributed by atoms with Crippen molar-refractivity contribution < 1.29 is 13.9 Å². The number of aromatic nitrogens is 2. The molecule has 1 aromatic heterocycles. The minimum atomic E-state index is -0.311. The number of ether oxygens (including phenoxy) is 1. The molecule has 0 spiro atoms. The van der Waals surface area contributed by atoms with Gasteiger partial charge in [-0.15, -0.1) is 10.2 Å². The molecule has 7 heteroatoms. The van der Waals surface area contributed by atoms with Crippen LogP contribution in [-0.4, -0.2) is 41.6 Å². The number of thioether (sulfide) groups is 1. The van der Waals surface area contributed by atoms with E-state index in [2.05, 4.69) is 48.4 Å². The molecule has 1 unspecified atom stereocenters. The van der Waals surface area contributed by atoms with Gasteiger partial charge < -0.3 is 14.5 Å². The SMILES string of the molecule is COCCCNC(=O)C(C)Sc1nnc(-c2ccc(C(C)(C)C)cc2)o1. The van der Waals surface area contributed by atoms with E-state index in [1.807, 2.05) is 19.1 Å². The van der Waals surface area contributed by atoms with Crippen molar-refractivity contribution >= 4 is 17.7 Å². The Morgan fingerprint density at radius 3 is 2.58 bits per heavy atom. The van der Waals surface area contributed by atoms with Gasteiger partial charge in [0.25, 0.3) is 5.22 Å². The van der Waals surface area contributed by atoms with E-state index in [9.17, 15) is 4.79 Å². The van der Waals surface area contributed by atoms with Crippen LogP contribution in [0.25, 0.3) is 11.5 Å². The molecule has 0 aliphatic rings. The second-order valence-corrected chi connectivity index (χ2v) is 8.39. The van der Waals surface area contributed by atoms with Gasteiger partial charge in [0.05, 0.1) is 5.25 Å². The average molecular weight is 378 g/mol. The summed E-state index contributed by atoms with van der Waals surface area (Å²) in [5.74, 6) is 0.404. The molecule has 1 atom stereocenters. The molecule has 1 aromatic carbocycles. The molecule has 0 radical (unpaired) electrons. The van der Waals surface area contributed by atoms with Crippen molar-refractivity contribution in [1.82, 2.24) is 15.5 Å². The van der Waals surface area contributed by atoms with Gasteiger partial charge in [-0.05, 0) is 36.5 Å². The molecule has 1 heterocycles. The third-order valence-corrected chi connectivity index (χ3v) is 4.81. The first-order valence-electron chi connectivity index (χ1n) is 8.69. The highest BCUT2D eigenvalue weighted by Gasteiger charge is 2.19. The Kier molecular flexibility index (Phi) is 7.23. The second-order valence-electron chi connectivity index (χ2n) is 7.10. The number of nitrogens with one attached hydrogen (secondary N) is 1. The van der Waals surface area contributed by atoms with E-state index in [1.54, 1.807) is 7.11 Å². The van der Waals surface area contributed by atoms with Gasteiger partial charge in [0.15, 0.2) is 0 Å². The molecule has 0 saturated carbocycles. The zero-order valence-electron chi connectivity index (χ0n) is 16.0. The lowest BCUT2D eigenvalue weighted by Gasteiger charge is -2.18. The Balaban J connectivity index is 1.93. The van der Waals surface area contributed by atoms with Crippen molar-refractivity contribution in [2.24, 2.45) is 0 Å². The fourth-order valence-electron chi connectivity index (χ4n) is 2.26. The number of hydrogen-bond donors (Lipinski definition) is 1. The molecular weight excluding hydrogens is 350 g/mol. The first-order valence-corrected chi connectivity index (χ1v) is 9.57. The molecule has 1 N–H and O–H groups in total. The van der Waals surface area contributed by atoms with Gasteiger partial charge in [-0.3, -0.25) is 4.79 Å². The van der Waals surface area contributed by atoms with E-state index in [0.717, 1.165) is 12.0 Å². The molecule has 26 heavy (non-hydrogen) atoms. The number of methoxy groups -OCH3 is 1. The fourth-order valence-corrected chi connectivity index (χ4v) is 2.97. The maximum Gasteiger partial charge on any atom is 0.277 e. The summed E-state index contributed by atoms with van der Waals surface area (Å²) in [7, 11) is 1.64. The predicted molar refractivity (Wildman–Crippen MR) is 103 cm³/mol. The predicted octanol–water partition coefficient (Wildman–Crippen LogP) is 3.67. The molecule has 1 amide bonds. The summed E-state index contributed by atoms with van der Waals surface area (Å²) in [4.78, 5) is 12.1. The van der Waals surface area contributed by atoms with Crippen molar-refractivity contribution in [3.63, 3.8) is 0 Å². The Morgan fingerprint density at radius 1 is 1.27 bits per heavy atom. The monoisotopic (exact) mass is 377 g/mol. The fraction of sp³-hybridized carbons (Fsp3) is 0.526. The van der Waals surface area contributed by atoms with Crippen molar-refractivity contribution in [3.05, 3.63) is 29.8 Å². The van der Waals surface area contributed by atoms with E-state index in [1.165, 1.54) is 17.3 Å². The lowest BCUT2D eigenvalue weighted by Crippen LogP contribution is -2.32. The number of nitrogens with zero attached hydrogens (tertiary/aromatic N) is 2. The van der Waals surface area contributed by atoms with E-state index in [4.69, 9.17) is 9.15 Å². The molecule has 0 aliphatic carbocycles. The molecule has 2 rings (SSSR count). The van der Waals surface area contributed by atoms with Crippen LogP contribution in [0.2, 0.25) is 0 Å². The number of rotatable bonds is 8. The quantitative estimate of drug-likeness (QED) is 0.559. The zero-order valence-corrected chi connectivity index (χ0v) is 16.9. The Bertz CT molecular complexity index is 708. The molecule has 0 fully saturated rings. The van der Waals surface area contributed by atoms with Crippen LogP contribution in [0.3, 0.4) is 0 Å². The number of hydrogen-bond acceptors (Lipinski definition) is 6. The van der Waals surface area contributed by atoms with Gasteiger partial charge in [-0.2, -0.15) is 0 Å². The van der Waals surface area contributed by atoms with E-state index < -0.39 is 0 Å². The Labute approximate surface area is 159 Å². The number of carbonyl (C=O) groups is 1. The smallest absolute Gasteiger partial charge is 0.277 e. The molecule has 0 bridgehead atoms. The first-order chi connectivity index (χ1) is 12.3. The number of amides is 1. The van der Waals surface area contributed by atoms with Crippen molar-refractivity contribution in [2.75, 3.05) is 20.3 Å². The minimum Gasteiger partial charge on any atom is -0.411 e. The average Bonchev–Trinajstić information content (AvgIpc) is 3.06. The summed E-state index contributed by atoms with van der Waals surface area (Å²) >= 11 is 1.25. The minimum absolute atomic E-state index is 0.0552. The van der Waals surface area contributed by atoms with Crippen LogP contribution in [-0.2, 0) is 14.9 Å². The third-order valence-electron chi connectivity index (χ3n) is 3.88. The van der Waals surface area contributed by atoms with Crippen LogP contribution in [0, 0.1) is 0 Å². The topological polar surface area (TPSA) is 77.2 Å². The van der Waals surface area contributed by atoms with Crippen LogP contribution < -0.4 is 5.32 Å². The third kappa shape index (κ3) is 5.85. The number of carbonyl (C=O) groups excluding carboxylic acids is 1. The normalized spacial score (nSPS) is 12.8. The highest BCUT2D eigenvalue weighted by molar-refractivity contribution is 8.00. The first kappa shape index (κ1) is 20.5. The highest BCUT2D eigenvalue weighted by atomic mass is 32.2. The Hall–Kier alpha value is -1.86. The highest BCUT2D eigenvalue weighted by Crippen LogP contribution is 2.28. The van der Waals surface area contributed by atoms with E-state index >= 15 is 0 Å². The van der Waals surface area contributed by atoms with Crippen LogP contribution in [0.5, 0.6) is 0 Å². The summed E-state index contributed by atoms with van der Waals surface area (Å²) in [5.41, 5.74) is 2.21. The zero-order chi connectivity index (χ0) is 19.2. The van der Waals surface area contributed by atoms with Crippen molar-refractivity contribution in [3.8, 4) is 11.5 Å². The summed E-state index contributed by atoms with van der Waals surface area (Å²) in [6, 6.07) is 8.10. The van der Waals surface area contributed by atoms with Crippen molar-refractivity contribution in [2.45, 2.75) is 50.0 Å². The standard InChI is InChI=1S/C19H27N3O3S/c1-13(16(23)20-11-6-12-24-5)26-18-22-21-17(25-18)14-7-9-15(10-8-14)19(2,3)4/h7-10,13H,6,11-12H2,1-5H3,(H,20,23). The van der Waals surface area contributed by atoms with Gasteiger partial charge >= 0.3 is 0 Å². The lowest BCUT2D eigenvalue weighted by atomic mass is 9.87. The van der Waals surface area contributed by atoms with Gasteiger partial charge in [0.1, 0.15) is 0 Å². The molecule has 0 saturated heterocycles. The summed E-state index contributed by atoms with van der Waals surface area (Å²) < 4.78 is 10.7. The van der Waals surface area contributed by atoms with Gasteiger partial charge in [0.2, 0.25) is 11.8 Å². The maximum atomic E-state index is 12.1. The second kappa shape index (κ2) is 9.19. The van der Waals surface area contributed by atoms with Crippen LogP contribution in [0.1, 0.15) is 39.7 Å². The molecule has 2 aromatic rings. The van der Waals surface area contributed by atoms with Crippen molar-refractivity contribution in [1.29, 1.82) is 0 Å².